The Balaban J connectivity index is 1.41. The number of nitrogens with one attached hydrogen (secondary N) is 4. The lowest BCUT2D eigenvalue weighted by Gasteiger charge is -2.35. The normalized spacial score (nSPS) is 21.9. The van der Waals surface area contributed by atoms with Gasteiger partial charge in [-0.1, -0.05) is 25.0 Å². The molecular formula is C29H39N5O6. The SMILES string of the molecule is CNC(C)C(=O)N[C@H]1CCCC[C@H]2CC[C@@H](C(=O)NCc3cccc(Nc4c(OC(C)C)c(=O)c4=O)c3)N2C1=O. The number of nitrogens with zero attached hydrogens (tertiary/aromatic N) is 1. The maximum atomic E-state index is 13.6. The van der Waals surface area contributed by atoms with Gasteiger partial charge in [-0.3, -0.25) is 24.0 Å². The van der Waals surface area contributed by atoms with Crippen molar-refractivity contribution < 1.29 is 19.1 Å². The molecule has 2 aliphatic heterocycles. The zero-order valence-corrected chi connectivity index (χ0v) is 23.5. The van der Waals surface area contributed by atoms with E-state index in [0.717, 1.165) is 31.2 Å². The van der Waals surface area contributed by atoms with E-state index in [2.05, 4.69) is 21.3 Å². The van der Waals surface area contributed by atoms with Crippen LogP contribution in [0.1, 0.15) is 64.9 Å². The van der Waals surface area contributed by atoms with Crippen LogP contribution < -0.4 is 36.9 Å². The van der Waals surface area contributed by atoms with Crippen LogP contribution >= 0.6 is 0 Å². The van der Waals surface area contributed by atoms with Crippen molar-refractivity contribution in [3.05, 3.63) is 50.3 Å². The molecule has 11 heteroatoms. The lowest BCUT2D eigenvalue weighted by atomic mass is 9.98. The standard InChI is InChI=1S/C29H39N5O6/c1-16(2)40-26-23(24(35)25(26)36)32-19-9-7-8-18(14-19)15-31-28(38)22-13-12-20-10-5-6-11-21(29(39)34(20)22)33-27(37)17(3)30-4/h7-9,14,16-17,20-22,30,32H,5-6,10-13,15H2,1-4H3,(H,31,38)(H,33,37)/t17?,20-,21-,22-/m0/s1. The van der Waals surface area contributed by atoms with Gasteiger partial charge >= 0.3 is 0 Å². The van der Waals surface area contributed by atoms with Crippen LogP contribution in [-0.4, -0.2) is 59.9 Å². The average Bonchev–Trinajstić information content (AvgIpc) is 3.36. The third kappa shape index (κ3) is 6.35. The van der Waals surface area contributed by atoms with E-state index in [-0.39, 0.29) is 47.8 Å². The first-order valence-corrected chi connectivity index (χ1v) is 14.0. The third-order valence-electron chi connectivity index (χ3n) is 7.66. The van der Waals surface area contributed by atoms with Crippen LogP contribution in [0.3, 0.4) is 0 Å². The molecule has 2 saturated heterocycles. The molecule has 2 aromatic carbocycles. The maximum Gasteiger partial charge on any atom is 0.272 e. The van der Waals surface area contributed by atoms with Gasteiger partial charge in [0, 0.05) is 18.3 Å². The molecule has 0 aliphatic carbocycles. The summed E-state index contributed by atoms with van der Waals surface area (Å²) in [6, 6.07) is 5.47. The molecular weight excluding hydrogens is 514 g/mol. The Hall–Kier alpha value is -3.73. The van der Waals surface area contributed by atoms with Crippen LogP contribution in [0.15, 0.2) is 33.9 Å². The molecule has 0 radical (unpaired) electrons. The molecule has 2 heterocycles. The summed E-state index contributed by atoms with van der Waals surface area (Å²) in [6.07, 6.45) is 4.25. The molecule has 40 heavy (non-hydrogen) atoms. The summed E-state index contributed by atoms with van der Waals surface area (Å²) in [6.45, 7) is 5.51. The molecule has 0 bridgehead atoms. The number of hydrogen-bond donors (Lipinski definition) is 4. The van der Waals surface area contributed by atoms with Gasteiger partial charge in [-0.25, -0.2) is 0 Å². The van der Waals surface area contributed by atoms with E-state index in [1.54, 1.807) is 50.9 Å². The van der Waals surface area contributed by atoms with Crippen molar-refractivity contribution in [1.29, 1.82) is 0 Å². The summed E-state index contributed by atoms with van der Waals surface area (Å²) in [7, 11) is 1.69. The zero-order chi connectivity index (χ0) is 29.0. The van der Waals surface area contributed by atoms with Crippen LogP contribution in [-0.2, 0) is 20.9 Å². The second-order valence-corrected chi connectivity index (χ2v) is 10.9. The minimum absolute atomic E-state index is 0.0181. The minimum atomic E-state index is -0.651. The number of benzene rings is 1. The zero-order valence-electron chi connectivity index (χ0n) is 23.5. The summed E-state index contributed by atoms with van der Waals surface area (Å²) in [5, 5.41) is 11.7. The highest BCUT2D eigenvalue weighted by Crippen LogP contribution is 2.31. The Kier molecular flexibility index (Phi) is 9.24. The molecule has 0 spiro atoms. The van der Waals surface area contributed by atoms with Crippen molar-refractivity contribution in [2.24, 2.45) is 0 Å². The third-order valence-corrected chi connectivity index (χ3v) is 7.66. The molecule has 216 valence electrons. The van der Waals surface area contributed by atoms with Gasteiger partial charge in [0.15, 0.2) is 5.75 Å². The summed E-state index contributed by atoms with van der Waals surface area (Å²) in [4.78, 5) is 65.0. The van der Waals surface area contributed by atoms with Gasteiger partial charge in [0.1, 0.15) is 17.8 Å². The van der Waals surface area contributed by atoms with Crippen molar-refractivity contribution in [2.45, 2.75) is 96.1 Å². The summed E-state index contributed by atoms with van der Waals surface area (Å²) in [5.41, 5.74) is 0.215. The monoisotopic (exact) mass is 553 g/mol. The molecule has 2 fully saturated rings. The number of carbonyl (C=O) groups excluding carboxylic acids is 3. The molecule has 2 aromatic rings. The van der Waals surface area contributed by atoms with Crippen molar-refractivity contribution >= 4 is 29.1 Å². The fraction of sp³-hybridized carbons (Fsp3) is 0.552. The summed E-state index contributed by atoms with van der Waals surface area (Å²) < 4.78 is 5.47. The summed E-state index contributed by atoms with van der Waals surface area (Å²) >= 11 is 0. The highest BCUT2D eigenvalue weighted by atomic mass is 16.5. The lowest BCUT2D eigenvalue weighted by Crippen LogP contribution is -2.57. The van der Waals surface area contributed by atoms with Crippen LogP contribution in [0, 0.1) is 0 Å². The number of amides is 3. The van der Waals surface area contributed by atoms with E-state index in [1.165, 1.54) is 0 Å². The fourth-order valence-electron chi connectivity index (χ4n) is 5.39. The molecule has 2 aliphatic rings. The topological polar surface area (TPSA) is 146 Å². The van der Waals surface area contributed by atoms with Crippen LogP contribution in [0.5, 0.6) is 5.75 Å². The number of rotatable bonds is 10. The predicted molar refractivity (Wildman–Crippen MR) is 151 cm³/mol. The molecule has 4 atom stereocenters. The smallest absolute Gasteiger partial charge is 0.272 e. The highest BCUT2D eigenvalue weighted by molar-refractivity contribution is 5.93. The Morgan fingerprint density at radius 1 is 1.02 bits per heavy atom. The first-order valence-electron chi connectivity index (χ1n) is 14.0. The molecule has 3 amide bonds. The number of likely N-dealkylation sites (N-methyl/N-ethyl adjacent to an activating group) is 1. The number of fused-ring (bicyclic) bond motifs is 1. The quantitative estimate of drug-likeness (QED) is 0.324. The Labute approximate surface area is 233 Å². The van der Waals surface area contributed by atoms with Crippen molar-refractivity contribution in [3.63, 3.8) is 0 Å². The Morgan fingerprint density at radius 2 is 1.77 bits per heavy atom. The van der Waals surface area contributed by atoms with Gasteiger partial charge in [0.2, 0.25) is 17.7 Å². The first-order chi connectivity index (χ1) is 19.1. The van der Waals surface area contributed by atoms with Gasteiger partial charge in [0.05, 0.1) is 12.1 Å². The lowest BCUT2D eigenvalue weighted by molar-refractivity contribution is -0.144. The van der Waals surface area contributed by atoms with Crippen molar-refractivity contribution in [2.75, 3.05) is 12.4 Å². The van der Waals surface area contributed by atoms with E-state index in [1.807, 2.05) is 6.07 Å². The number of carbonyl (C=O) groups is 3. The maximum absolute atomic E-state index is 13.6. The van der Waals surface area contributed by atoms with Crippen molar-refractivity contribution in [1.82, 2.24) is 20.9 Å². The van der Waals surface area contributed by atoms with Gasteiger partial charge in [-0.05, 0) is 71.2 Å². The fourth-order valence-corrected chi connectivity index (χ4v) is 5.39. The van der Waals surface area contributed by atoms with Gasteiger partial charge in [-0.15, -0.1) is 0 Å². The van der Waals surface area contributed by atoms with Crippen molar-refractivity contribution in [3.8, 4) is 5.75 Å². The van der Waals surface area contributed by atoms with Gasteiger partial charge in [0.25, 0.3) is 10.9 Å². The Morgan fingerprint density at radius 3 is 2.50 bits per heavy atom. The highest BCUT2D eigenvalue weighted by Gasteiger charge is 2.43. The van der Waals surface area contributed by atoms with Crippen LogP contribution in [0.2, 0.25) is 0 Å². The first kappa shape index (κ1) is 29.3. The molecule has 4 rings (SSSR count). The summed E-state index contributed by atoms with van der Waals surface area (Å²) in [5.74, 6) is -0.642. The molecule has 0 saturated carbocycles. The van der Waals surface area contributed by atoms with Gasteiger partial charge < -0.3 is 30.9 Å². The predicted octanol–water partition coefficient (Wildman–Crippen LogP) is 1.46. The van der Waals surface area contributed by atoms with Gasteiger partial charge in [-0.2, -0.15) is 0 Å². The van der Waals surface area contributed by atoms with Crippen LogP contribution in [0.4, 0.5) is 11.4 Å². The van der Waals surface area contributed by atoms with E-state index < -0.39 is 29.0 Å². The average molecular weight is 554 g/mol. The minimum Gasteiger partial charge on any atom is -0.485 e. The number of ether oxygens (including phenoxy) is 1. The number of anilines is 2. The van der Waals surface area contributed by atoms with E-state index >= 15 is 0 Å². The van der Waals surface area contributed by atoms with Crippen LogP contribution in [0.25, 0.3) is 0 Å². The number of hydrogen-bond acceptors (Lipinski definition) is 8. The second-order valence-electron chi connectivity index (χ2n) is 10.9. The van der Waals surface area contributed by atoms with E-state index in [4.69, 9.17) is 4.74 Å². The molecule has 11 nitrogen and oxygen atoms in total. The van der Waals surface area contributed by atoms with E-state index in [9.17, 15) is 24.0 Å². The van der Waals surface area contributed by atoms with E-state index in [0.29, 0.717) is 18.5 Å². The largest absolute Gasteiger partial charge is 0.485 e. The Bertz CT molecular complexity index is 1320. The second kappa shape index (κ2) is 12.6. The molecule has 0 aromatic heterocycles. The molecule has 4 N–H and O–H groups in total. The molecule has 1 unspecified atom stereocenters.